The molecule has 3 heterocycles. The van der Waals surface area contributed by atoms with Gasteiger partial charge < -0.3 is 9.67 Å². The first kappa shape index (κ1) is 23.4. The standard InChI is InChI=1S/C27H27N7O2/c1-4-33-17-28-26(32-33)31-24(35)21-16-22-23(29-18(21)3)30-25(34(22)5-2)27(36,19-12-8-6-9-13-19)20-14-10-7-11-15-20/h6-17,36H,4-5H2,1-3H3,(H,31,32,35). The lowest BCUT2D eigenvalue weighted by molar-refractivity contribution is 0.102. The summed E-state index contributed by atoms with van der Waals surface area (Å²) in [5, 5.41) is 19.3. The number of imidazole rings is 1. The summed E-state index contributed by atoms with van der Waals surface area (Å²) in [6, 6.07) is 20.7. The average Bonchev–Trinajstić information content (AvgIpc) is 3.52. The molecule has 0 spiro atoms. The van der Waals surface area contributed by atoms with Crippen molar-refractivity contribution in [2.75, 3.05) is 5.32 Å². The van der Waals surface area contributed by atoms with Gasteiger partial charge in [0, 0.05) is 13.1 Å². The van der Waals surface area contributed by atoms with Gasteiger partial charge in [0.25, 0.3) is 5.91 Å². The van der Waals surface area contributed by atoms with Gasteiger partial charge in [0.15, 0.2) is 17.1 Å². The Labute approximate surface area is 208 Å². The van der Waals surface area contributed by atoms with Gasteiger partial charge >= 0.3 is 0 Å². The van der Waals surface area contributed by atoms with Gasteiger partial charge in [-0.1, -0.05) is 60.7 Å². The molecule has 36 heavy (non-hydrogen) atoms. The molecule has 2 N–H and O–H groups in total. The number of amides is 1. The van der Waals surface area contributed by atoms with Crippen molar-refractivity contribution >= 4 is 23.0 Å². The van der Waals surface area contributed by atoms with Crippen molar-refractivity contribution < 1.29 is 9.90 Å². The highest BCUT2D eigenvalue weighted by molar-refractivity contribution is 6.05. The molecule has 0 aliphatic heterocycles. The predicted octanol–water partition coefficient (Wildman–Crippen LogP) is 3.91. The number of anilines is 1. The molecule has 5 rings (SSSR count). The fourth-order valence-electron chi connectivity index (χ4n) is 4.42. The third kappa shape index (κ3) is 3.93. The molecule has 0 aliphatic carbocycles. The summed E-state index contributed by atoms with van der Waals surface area (Å²) in [7, 11) is 0. The lowest BCUT2D eigenvalue weighted by atomic mass is 9.85. The van der Waals surface area contributed by atoms with Gasteiger partial charge in [0.05, 0.1) is 16.8 Å². The first-order valence-corrected chi connectivity index (χ1v) is 11.9. The summed E-state index contributed by atoms with van der Waals surface area (Å²) in [5.41, 5.74) is 1.87. The number of hydrogen-bond acceptors (Lipinski definition) is 6. The Morgan fingerprint density at radius 1 is 0.972 bits per heavy atom. The second-order valence-electron chi connectivity index (χ2n) is 8.46. The van der Waals surface area contributed by atoms with Gasteiger partial charge in [-0.05, 0) is 38.0 Å². The van der Waals surface area contributed by atoms with Crippen LogP contribution in [0.2, 0.25) is 0 Å². The van der Waals surface area contributed by atoms with Crippen LogP contribution in [0.5, 0.6) is 0 Å². The van der Waals surface area contributed by atoms with Gasteiger partial charge in [0.1, 0.15) is 6.33 Å². The number of nitrogens with one attached hydrogen (secondary N) is 1. The van der Waals surface area contributed by atoms with E-state index in [1.165, 1.54) is 0 Å². The zero-order valence-corrected chi connectivity index (χ0v) is 20.4. The molecule has 0 fully saturated rings. The van der Waals surface area contributed by atoms with E-state index in [4.69, 9.17) is 4.98 Å². The van der Waals surface area contributed by atoms with Crippen LogP contribution >= 0.6 is 0 Å². The Balaban J connectivity index is 1.65. The minimum atomic E-state index is -1.52. The first-order valence-electron chi connectivity index (χ1n) is 11.9. The molecule has 0 unspecified atom stereocenters. The molecule has 0 radical (unpaired) electrons. The number of carbonyl (C=O) groups excluding carboxylic acids is 1. The zero-order valence-electron chi connectivity index (χ0n) is 20.4. The van der Waals surface area contributed by atoms with Gasteiger partial charge in [-0.15, -0.1) is 5.10 Å². The van der Waals surface area contributed by atoms with Crippen molar-refractivity contribution in [3.63, 3.8) is 0 Å². The van der Waals surface area contributed by atoms with E-state index in [0.29, 0.717) is 52.5 Å². The van der Waals surface area contributed by atoms with Crippen molar-refractivity contribution in [1.29, 1.82) is 0 Å². The third-order valence-corrected chi connectivity index (χ3v) is 6.29. The number of benzene rings is 2. The van der Waals surface area contributed by atoms with Gasteiger partial charge in [0.2, 0.25) is 5.95 Å². The first-order chi connectivity index (χ1) is 17.5. The summed E-state index contributed by atoms with van der Waals surface area (Å²) in [6.07, 6.45) is 1.57. The van der Waals surface area contributed by atoms with E-state index in [1.54, 1.807) is 24.0 Å². The molecule has 0 saturated heterocycles. The van der Waals surface area contributed by atoms with Crippen LogP contribution in [0, 0.1) is 6.92 Å². The minimum Gasteiger partial charge on any atom is -0.373 e. The van der Waals surface area contributed by atoms with Crippen LogP contribution in [0.1, 0.15) is 46.9 Å². The molecular formula is C27H27N7O2. The Bertz CT molecular complexity index is 1480. The topological polar surface area (TPSA) is 111 Å². The molecule has 1 amide bonds. The van der Waals surface area contributed by atoms with Gasteiger partial charge in [-0.25, -0.2) is 15.0 Å². The largest absolute Gasteiger partial charge is 0.373 e. The third-order valence-electron chi connectivity index (χ3n) is 6.29. The molecular weight excluding hydrogens is 454 g/mol. The minimum absolute atomic E-state index is 0.230. The van der Waals surface area contributed by atoms with Crippen molar-refractivity contribution in [2.45, 2.75) is 39.5 Å². The Morgan fingerprint density at radius 2 is 1.61 bits per heavy atom. The summed E-state index contributed by atoms with van der Waals surface area (Å²) >= 11 is 0. The van der Waals surface area contributed by atoms with Crippen molar-refractivity contribution in [1.82, 2.24) is 29.3 Å². The van der Waals surface area contributed by atoms with E-state index in [2.05, 4.69) is 20.4 Å². The fourth-order valence-corrected chi connectivity index (χ4v) is 4.42. The second kappa shape index (κ2) is 9.35. The number of hydrogen-bond donors (Lipinski definition) is 2. The van der Waals surface area contributed by atoms with Crippen LogP contribution in [0.15, 0.2) is 73.1 Å². The van der Waals surface area contributed by atoms with Crippen LogP contribution < -0.4 is 5.32 Å². The molecule has 3 aromatic heterocycles. The summed E-state index contributed by atoms with van der Waals surface area (Å²) in [6.45, 7) is 6.85. The normalized spacial score (nSPS) is 11.7. The fraction of sp³-hybridized carbons (Fsp3) is 0.222. The second-order valence-corrected chi connectivity index (χ2v) is 8.46. The predicted molar refractivity (Wildman–Crippen MR) is 137 cm³/mol. The maximum atomic E-state index is 13.1. The summed E-state index contributed by atoms with van der Waals surface area (Å²) in [4.78, 5) is 26.7. The van der Waals surface area contributed by atoms with Crippen LogP contribution in [0.4, 0.5) is 5.95 Å². The highest BCUT2D eigenvalue weighted by Gasteiger charge is 2.39. The number of aromatic nitrogens is 6. The SMILES string of the molecule is CCn1cnc(NC(=O)c2cc3c(nc2C)nc(C(O)(c2ccccc2)c2ccccc2)n3CC)n1. The van der Waals surface area contributed by atoms with Crippen molar-refractivity contribution in [2.24, 2.45) is 0 Å². The summed E-state index contributed by atoms with van der Waals surface area (Å²) < 4.78 is 3.54. The number of aliphatic hydroxyl groups is 1. The van der Waals surface area contributed by atoms with Crippen LogP contribution in [-0.4, -0.2) is 40.3 Å². The zero-order chi connectivity index (χ0) is 25.3. The molecule has 0 atom stereocenters. The molecule has 182 valence electrons. The summed E-state index contributed by atoms with van der Waals surface area (Å²) in [5.74, 6) is 0.307. The number of nitrogens with zero attached hydrogens (tertiary/aromatic N) is 6. The van der Waals surface area contributed by atoms with Crippen LogP contribution in [0.3, 0.4) is 0 Å². The van der Waals surface area contributed by atoms with Gasteiger partial charge in [-0.2, -0.15) is 0 Å². The van der Waals surface area contributed by atoms with E-state index in [0.717, 1.165) is 0 Å². The molecule has 0 aliphatic rings. The number of pyridine rings is 1. The monoisotopic (exact) mass is 481 g/mol. The highest BCUT2D eigenvalue weighted by atomic mass is 16.3. The van der Waals surface area contributed by atoms with E-state index in [9.17, 15) is 9.90 Å². The lowest BCUT2D eigenvalue weighted by Gasteiger charge is -2.29. The molecule has 9 nitrogen and oxygen atoms in total. The average molecular weight is 482 g/mol. The number of carbonyl (C=O) groups is 1. The van der Waals surface area contributed by atoms with Gasteiger partial charge in [-0.3, -0.25) is 14.8 Å². The van der Waals surface area contributed by atoms with Crippen molar-refractivity contribution in [3.05, 3.63) is 101 Å². The maximum Gasteiger partial charge on any atom is 0.259 e. The Hall–Kier alpha value is -4.37. The van der Waals surface area contributed by atoms with Crippen molar-refractivity contribution in [3.8, 4) is 0 Å². The molecule has 5 aromatic rings. The Morgan fingerprint density at radius 3 is 2.17 bits per heavy atom. The lowest BCUT2D eigenvalue weighted by Crippen LogP contribution is -2.32. The molecule has 2 aromatic carbocycles. The number of rotatable bonds is 7. The van der Waals surface area contributed by atoms with E-state index in [1.807, 2.05) is 79.1 Å². The van der Waals surface area contributed by atoms with Crippen LogP contribution in [0.25, 0.3) is 11.2 Å². The van der Waals surface area contributed by atoms with E-state index < -0.39 is 5.60 Å². The van der Waals surface area contributed by atoms with E-state index >= 15 is 0 Å². The number of fused-ring (bicyclic) bond motifs is 1. The molecule has 9 heteroatoms. The Kier molecular flexibility index (Phi) is 6.07. The smallest absolute Gasteiger partial charge is 0.259 e. The highest BCUT2D eigenvalue weighted by Crippen LogP contribution is 2.37. The number of aryl methyl sites for hydroxylation is 3. The molecule has 0 saturated carbocycles. The van der Waals surface area contributed by atoms with E-state index in [-0.39, 0.29) is 11.9 Å². The quantitative estimate of drug-likeness (QED) is 0.365. The van der Waals surface area contributed by atoms with Crippen LogP contribution in [-0.2, 0) is 18.7 Å². The maximum absolute atomic E-state index is 13.1. The molecule has 0 bridgehead atoms.